The lowest BCUT2D eigenvalue weighted by atomic mass is 10.1. The molecular formula is C20H20N2O3S2. The van der Waals surface area contributed by atoms with Gasteiger partial charge in [-0.15, -0.1) is 23.1 Å². The van der Waals surface area contributed by atoms with E-state index in [1.807, 2.05) is 47.8 Å². The van der Waals surface area contributed by atoms with E-state index in [1.54, 1.807) is 26.0 Å². The van der Waals surface area contributed by atoms with Gasteiger partial charge >= 0.3 is 0 Å². The average Bonchev–Trinajstić information content (AvgIpc) is 3.16. The number of methoxy groups -OCH3 is 2. The summed E-state index contributed by atoms with van der Waals surface area (Å²) in [5, 5.41) is 5.31. The molecule has 7 heteroatoms. The molecule has 0 bridgehead atoms. The molecule has 1 amide bonds. The number of thiazole rings is 1. The summed E-state index contributed by atoms with van der Waals surface area (Å²) in [6.07, 6.45) is 0. The van der Waals surface area contributed by atoms with Crippen molar-refractivity contribution in [2.24, 2.45) is 0 Å². The van der Waals surface area contributed by atoms with Gasteiger partial charge in [0.05, 0.1) is 19.9 Å². The summed E-state index contributed by atoms with van der Waals surface area (Å²) >= 11 is 3.13. The van der Waals surface area contributed by atoms with Crippen LogP contribution in [0.2, 0.25) is 0 Å². The van der Waals surface area contributed by atoms with E-state index in [9.17, 15) is 4.79 Å². The predicted molar refractivity (Wildman–Crippen MR) is 111 cm³/mol. The summed E-state index contributed by atoms with van der Waals surface area (Å²) in [4.78, 5) is 18.1. The number of hydrogen-bond acceptors (Lipinski definition) is 6. The Hall–Kier alpha value is -2.51. The lowest BCUT2D eigenvalue weighted by Gasteiger charge is -2.08. The van der Waals surface area contributed by atoms with Crippen molar-refractivity contribution in [3.8, 4) is 22.8 Å². The minimum Gasteiger partial charge on any atom is -0.493 e. The van der Waals surface area contributed by atoms with Gasteiger partial charge in [0.2, 0.25) is 0 Å². The van der Waals surface area contributed by atoms with Crippen LogP contribution in [0, 0.1) is 0 Å². The minimum absolute atomic E-state index is 0.170. The number of amides is 1. The number of carbonyl (C=O) groups excluding carboxylic acids is 1. The zero-order valence-corrected chi connectivity index (χ0v) is 16.9. The molecule has 0 fully saturated rings. The molecule has 3 aromatic rings. The van der Waals surface area contributed by atoms with Crippen LogP contribution in [-0.2, 0) is 0 Å². The normalized spacial score (nSPS) is 10.5. The number of carbonyl (C=O) groups is 1. The number of rotatable bonds is 7. The lowest BCUT2D eigenvalue weighted by Crippen LogP contribution is -2.11. The Balaban J connectivity index is 1.73. The third kappa shape index (κ3) is 4.61. The summed E-state index contributed by atoms with van der Waals surface area (Å²) < 4.78 is 10.6. The predicted octanol–water partition coefficient (Wildman–Crippen LogP) is 5.19. The maximum Gasteiger partial charge on any atom is 0.257 e. The Morgan fingerprint density at radius 1 is 1.11 bits per heavy atom. The van der Waals surface area contributed by atoms with Crippen LogP contribution in [0.25, 0.3) is 11.3 Å². The van der Waals surface area contributed by atoms with Crippen molar-refractivity contribution in [2.45, 2.75) is 11.8 Å². The minimum atomic E-state index is -0.170. The van der Waals surface area contributed by atoms with E-state index in [4.69, 9.17) is 9.47 Å². The Morgan fingerprint density at radius 3 is 2.52 bits per heavy atom. The molecule has 0 saturated carbocycles. The number of nitrogens with zero attached hydrogens (tertiary/aromatic N) is 1. The lowest BCUT2D eigenvalue weighted by molar-refractivity contribution is 0.102. The van der Waals surface area contributed by atoms with E-state index >= 15 is 0 Å². The van der Waals surface area contributed by atoms with E-state index in [1.165, 1.54) is 11.3 Å². The maximum absolute atomic E-state index is 12.4. The first-order valence-corrected chi connectivity index (χ1v) is 10.2. The molecule has 0 unspecified atom stereocenters. The molecule has 1 heterocycles. The third-order valence-electron chi connectivity index (χ3n) is 3.83. The molecule has 5 nitrogen and oxygen atoms in total. The monoisotopic (exact) mass is 400 g/mol. The van der Waals surface area contributed by atoms with Crippen molar-refractivity contribution >= 4 is 34.1 Å². The topological polar surface area (TPSA) is 60.5 Å². The number of aromatic nitrogens is 1. The van der Waals surface area contributed by atoms with Crippen molar-refractivity contribution < 1.29 is 14.3 Å². The van der Waals surface area contributed by atoms with Gasteiger partial charge in [0, 0.05) is 21.4 Å². The molecule has 2 aromatic carbocycles. The second kappa shape index (κ2) is 8.92. The molecule has 0 aliphatic carbocycles. The highest BCUT2D eigenvalue weighted by molar-refractivity contribution is 7.99. The van der Waals surface area contributed by atoms with Crippen molar-refractivity contribution in [3.63, 3.8) is 0 Å². The maximum atomic E-state index is 12.4. The fourth-order valence-corrected chi connectivity index (χ4v) is 3.87. The first kappa shape index (κ1) is 19.3. The van der Waals surface area contributed by atoms with Gasteiger partial charge in [-0.25, -0.2) is 4.98 Å². The Bertz CT molecular complexity index is 923. The standard InChI is InChI=1S/C20H20N2O3S2/c1-4-26-15-8-5-13(6-9-15)19(23)22-20-21-16(12-27-20)14-7-10-17(24-2)18(11-14)25-3/h5-12H,4H2,1-3H3,(H,21,22,23). The summed E-state index contributed by atoms with van der Waals surface area (Å²) in [7, 11) is 3.19. The fourth-order valence-electron chi connectivity index (χ4n) is 2.50. The van der Waals surface area contributed by atoms with Crippen LogP contribution in [0.3, 0.4) is 0 Å². The van der Waals surface area contributed by atoms with Crippen molar-refractivity contribution in [2.75, 3.05) is 25.3 Å². The number of ether oxygens (including phenoxy) is 2. The molecule has 140 valence electrons. The summed E-state index contributed by atoms with van der Waals surface area (Å²) in [5.41, 5.74) is 2.27. The zero-order chi connectivity index (χ0) is 19.2. The Labute approximate surface area is 166 Å². The first-order valence-electron chi connectivity index (χ1n) is 8.36. The highest BCUT2D eigenvalue weighted by atomic mass is 32.2. The SMILES string of the molecule is CCSc1ccc(C(=O)Nc2nc(-c3ccc(OC)c(OC)c3)cs2)cc1. The van der Waals surface area contributed by atoms with E-state index in [-0.39, 0.29) is 5.91 Å². The molecule has 3 rings (SSSR count). The Morgan fingerprint density at radius 2 is 1.85 bits per heavy atom. The van der Waals surface area contributed by atoms with Crippen LogP contribution in [-0.4, -0.2) is 30.9 Å². The van der Waals surface area contributed by atoms with Gasteiger partial charge in [-0.05, 0) is 48.2 Å². The van der Waals surface area contributed by atoms with E-state index < -0.39 is 0 Å². The van der Waals surface area contributed by atoms with Gasteiger partial charge in [0.15, 0.2) is 16.6 Å². The molecular weight excluding hydrogens is 380 g/mol. The number of thioether (sulfide) groups is 1. The molecule has 0 spiro atoms. The molecule has 0 saturated heterocycles. The highest BCUT2D eigenvalue weighted by Gasteiger charge is 2.12. The molecule has 0 aliphatic rings. The van der Waals surface area contributed by atoms with Gasteiger partial charge in [-0.1, -0.05) is 6.92 Å². The van der Waals surface area contributed by atoms with Gasteiger partial charge in [-0.2, -0.15) is 0 Å². The molecule has 1 N–H and O–H groups in total. The second-order valence-electron chi connectivity index (χ2n) is 5.52. The quantitative estimate of drug-likeness (QED) is 0.553. The first-order chi connectivity index (χ1) is 13.1. The van der Waals surface area contributed by atoms with Crippen molar-refractivity contribution in [1.29, 1.82) is 0 Å². The van der Waals surface area contributed by atoms with Gasteiger partial charge < -0.3 is 9.47 Å². The summed E-state index contributed by atoms with van der Waals surface area (Å²) in [6.45, 7) is 2.10. The van der Waals surface area contributed by atoms with Gasteiger partial charge in [0.25, 0.3) is 5.91 Å². The van der Waals surface area contributed by atoms with Crippen molar-refractivity contribution in [3.05, 3.63) is 53.4 Å². The largest absolute Gasteiger partial charge is 0.493 e. The zero-order valence-electron chi connectivity index (χ0n) is 15.3. The fraction of sp³-hybridized carbons (Fsp3) is 0.200. The average molecular weight is 401 g/mol. The Kier molecular flexibility index (Phi) is 6.36. The van der Waals surface area contributed by atoms with E-state index in [0.717, 1.165) is 21.9 Å². The smallest absolute Gasteiger partial charge is 0.257 e. The highest BCUT2D eigenvalue weighted by Crippen LogP contribution is 2.33. The molecule has 0 atom stereocenters. The van der Waals surface area contributed by atoms with Crippen LogP contribution in [0.5, 0.6) is 11.5 Å². The number of hydrogen-bond donors (Lipinski definition) is 1. The van der Waals surface area contributed by atoms with Crippen molar-refractivity contribution in [1.82, 2.24) is 4.98 Å². The van der Waals surface area contributed by atoms with Crippen LogP contribution in [0.15, 0.2) is 52.7 Å². The summed E-state index contributed by atoms with van der Waals surface area (Å²) in [5.74, 6) is 2.13. The molecule has 0 radical (unpaired) electrons. The number of nitrogens with one attached hydrogen (secondary N) is 1. The van der Waals surface area contributed by atoms with Crippen LogP contribution in [0.1, 0.15) is 17.3 Å². The number of benzene rings is 2. The van der Waals surface area contributed by atoms with E-state index in [2.05, 4.69) is 17.2 Å². The van der Waals surface area contributed by atoms with Crippen LogP contribution < -0.4 is 14.8 Å². The van der Waals surface area contributed by atoms with Gasteiger partial charge in [-0.3, -0.25) is 10.1 Å². The number of anilines is 1. The summed E-state index contributed by atoms with van der Waals surface area (Å²) in [6, 6.07) is 13.2. The van der Waals surface area contributed by atoms with Crippen LogP contribution in [0.4, 0.5) is 5.13 Å². The second-order valence-corrected chi connectivity index (χ2v) is 7.71. The van der Waals surface area contributed by atoms with E-state index in [0.29, 0.717) is 22.2 Å². The molecule has 1 aromatic heterocycles. The van der Waals surface area contributed by atoms with Crippen LogP contribution >= 0.6 is 23.1 Å². The molecule has 27 heavy (non-hydrogen) atoms. The van der Waals surface area contributed by atoms with Gasteiger partial charge in [0.1, 0.15) is 0 Å². The third-order valence-corrected chi connectivity index (χ3v) is 5.48. The molecule has 0 aliphatic heterocycles.